The smallest absolute Gasteiger partial charge is 0.279 e. The third-order valence-electron chi connectivity index (χ3n) is 3.84. The van der Waals surface area contributed by atoms with E-state index in [9.17, 15) is 8.42 Å². The van der Waals surface area contributed by atoms with Crippen molar-refractivity contribution in [1.82, 2.24) is 9.03 Å². The number of rotatable bonds is 4. The van der Waals surface area contributed by atoms with E-state index in [0.717, 1.165) is 36.8 Å². The van der Waals surface area contributed by atoms with E-state index >= 15 is 0 Å². The zero-order chi connectivity index (χ0) is 14.6. The summed E-state index contributed by atoms with van der Waals surface area (Å²) in [6, 6.07) is 5.57. The molecule has 0 unspecified atom stereocenters. The van der Waals surface area contributed by atoms with Crippen LogP contribution in [-0.4, -0.2) is 25.8 Å². The van der Waals surface area contributed by atoms with Crippen molar-refractivity contribution >= 4 is 15.9 Å². The molecule has 3 N–H and O–H groups in total. The average Bonchev–Trinajstić information content (AvgIpc) is 2.70. The molecular weight excluding hydrogens is 274 g/mol. The van der Waals surface area contributed by atoms with Gasteiger partial charge in [-0.1, -0.05) is 25.0 Å². The third kappa shape index (κ3) is 3.71. The topological polar surface area (TPSA) is 75.4 Å². The highest BCUT2D eigenvalue weighted by atomic mass is 32.2. The molecule has 5 nitrogen and oxygen atoms in total. The van der Waals surface area contributed by atoms with E-state index in [1.54, 1.807) is 4.31 Å². The van der Waals surface area contributed by atoms with Gasteiger partial charge in [0.1, 0.15) is 0 Å². The van der Waals surface area contributed by atoms with Crippen LogP contribution in [0, 0.1) is 6.92 Å². The molecule has 1 aromatic carbocycles. The number of benzene rings is 1. The SMILES string of the molecule is Cc1c(N)cccc1CNS(=O)(=O)N1CCCCCC1. The normalized spacial score (nSPS) is 17.9. The molecule has 1 aliphatic heterocycles. The van der Waals surface area contributed by atoms with Crippen LogP contribution in [0.25, 0.3) is 0 Å². The summed E-state index contributed by atoms with van der Waals surface area (Å²) in [5, 5.41) is 0. The Kier molecular flexibility index (Phi) is 5.01. The molecule has 0 saturated carbocycles. The molecule has 6 heteroatoms. The van der Waals surface area contributed by atoms with E-state index in [2.05, 4.69) is 4.72 Å². The lowest BCUT2D eigenvalue weighted by Gasteiger charge is -2.20. The molecule has 1 saturated heterocycles. The van der Waals surface area contributed by atoms with Crippen molar-refractivity contribution in [3.05, 3.63) is 29.3 Å². The standard InChI is InChI=1S/C14H23N3O2S/c1-12-13(7-6-8-14(12)15)11-16-20(18,19)17-9-4-2-3-5-10-17/h6-8,16H,2-5,9-11,15H2,1H3. The fourth-order valence-electron chi connectivity index (χ4n) is 2.44. The predicted octanol–water partition coefficient (Wildman–Crippen LogP) is 1.79. The van der Waals surface area contributed by atoms with Gasteiger partial charge in [0, 0.05) is 25.3 Å². The summed E-state index contributed by atoms with van der Waals surface area (Å²) in [5.74, 6) is 0. The van der Waals surface area contributed by atoms with Crippen molar-refractivity contribution < 1.29 is 8.42 Å². The monoisotopic (exact) mass is 297 g/mol. The Balaban J connectivity index is 2.03. The van der Waals surface area contributed by atoms with Crippen molar-refractivity contribution in [1.29, 1.82) is 0 Å². The van der Waals surface area contributed by atoms with Crippen LogP contribution in [-0.2, 0) is 16.8 Å². The van der Waals surface area contributed by atoms with Gasteiger partial charge >= 0.3 is 0 Å². The molecule has 0 bridgehead atoms. The fraction of sp³-hybridized carbons (Fsp3) is 0.571. The first kappa shape index (κ1) is 15.3. The summed E-state index contributed by atoms with van der Waals surface area (Å²) in [6.45, 7) is 3.43. The van der Waals surface area contributed by atoms with Gasteiger partial charge in [0.05, 0.1) is 0 Å². The summed E-state index contributed by atoms with van der Waals surface area (Å²) in [5.41, 5.74) is 8.38. The van der Waals surface area contributed by atoms with Crippen molar-refractivity contribution in [2.75, 3.05) is 18.8 Å². The summed E-state index contributed by atoms with van der Waals surface area (Å²) < 4.78 is 28.8. The quantitative estimate of drug-likeness (QED) is 0.832. The van der Waals surface area contributed by atoms with Crippen molar-refractivity contribution in [3.8, 4) is 0 Å². The Bertz CT molecular complexity index is 550. The number of nitrogen functional groups attached to an aromatic ring is 1. The minimum absolute atomic E-state index is 0.287. The first-order valence-electron chi connectivity index (χ1n) is 7.09. The Hall–Kier alpha value is -1.11. The Morgan fingerprint density at radius 2 is 1.85 bits per heavy atom. The van der Waals surface area contributed by atoms with Crippen LogP contribution in [0.5, 0.6) is 0 Å². The molecule has 0 radical (unpaired) electrons. The Morgan fingerprint density at radius 1 is 1.20 bits per heavy atom. The van der Waals surface area contributed by atoms with E-state index < -0.39 is 10.2 Å². The summed E-state index contributed by atoms with van der Waals surface area (Å²) in [6.07, 6.45) is 4.11. The van der Waals surface area contributed by atoms with Crippen molar-refractivity contribution in [2.45, 2.75) is 39.2 Å². The molecule has 0 spiro atoms. The largest absolute Gasteiger partial charge is 0.399 e. The second-order valence-electron chi connectivity index (χ2n) is 5.27. The number of hydrogen-bond acceptors (Lipinski definition) is 3. The molecule has 1 fully saturated rings. The van der Waals surface area contributed by atoms with E-state index in [4.69, 9.17) is 5.73 Å². The summed E-state index contributed by atoms with van der Waals surface area (Å²) in [7, 11) is -3.39. The van der Waals surface area contributed by atoms with E-state index in [0.29, 0.717) is 18.8 Å². The second-order valence-corrected chi connectivity index (χ2v) is 7.03. The van der Waals surface area contributed by atoms with Crippen LogP contribution in [0.2, 0.25) is 0 Å². The van der Waals surface area contributed by atoms with E-state index in [1.807, 2.05) is 25.1 Å². The molecule has 0 aliphatic carbocycles. The van der Waals surface area contributed by atoms with Crippen molar-refractivity contribution in [2.24, 2.45) is 0 Å². The molecular formula is C14H23N3O2S. The maximum absolute atomic E-state index is 12.3. The van der Waals surface area contributed by atoms with Crippen LogP contribution in [0.4, 0.5) is 5.69 Å². The van der Waals surface area contributed by atoms with Crippen LogP contribution < -0.4 is 10.5 Å². The van der Waals surface area contributed by atoms with Gasteiger partial charge in [-0.2, -0.15) is 17.4 Å². The molecule has 0 aromatic heterocycles. The number of nitrogens with zero attached hydrogens (tertiary/aromatic N) is 1. The maximum Gasteiger partial charge on any atom is 0.279 e. The van der Waals surface area contributed by atoms with E-state index in [1.165, 1.54) is 0 Å². The van der Waals surface area contributed by atoms with Gasteiger partial charge in [-0.25, -0.2) is 0 Å². The van der Waals surface area contributed by atoms with Crippen LogP contribution in [0.1, 0.15) is 36.8 Å². The number of anilines is 1. The van der Waals surface area contributed by atoms with Gasteiger partial charge in [-0.15, -0.1) is 0 Å². The maximum atomic E-state index is 12.3. The number of hydrogen-bond donors (Lipinski definition) is 2. The zero-order valence-corrected chi connectivity index (χ0v) is 12.7. The molecule has 112 valence electrons. The third-order valence-corrected chi connectivity index (χ3v) is 5.39. The lowest BCUT2D eigenvalue weighted by Crippen LogP contribution is -2.41. The highest BCUT2D eigenvalue weighted by molar-refractivity contribution is 7.87. The highest BCUT2D eigenvalue weighted by Crippen LogP contribution is 2.16. The minimum atomic E-state index is -3.39. The molecule has 1 aliphatic rings. The summed E-state index contributed by atoms with van der Waals surface area (Å²) in [4.78, 5) is 0. The molecule has 2 rings (SSSR count). The molecule has 1 aromatic rings. The lowest BCUT2D eigenvalue weighted by molar-refractivity contribution is 0.414. The van der Waals surface area contributed by atoms with Crippen LogP contribution in [0.3, 0.4) is 0 Å². The first-order chi connectivity index (χ1) is 9.50. The van der Waals surface area contributed by atoms with Crippen LogP contribution in [0.15, 0.2) is 18.2 Å². The van der Waals surface area contributed by atoms with Gasteiger partial charge in [-0.05, 0) is 37.0 Å². The molecule has 0 atom stereocenters. The molecule has 1 heterocycles. The number of nitrogens with one attached hydrogen (secondary N) is 1. The van der Waals surface area contributed by atoms with Gasteiger partial charge in [0.2, 0.25) is 0 Å². The predicted molar refractivity (Wildman–Crippen MR) is 81.4 cm³/mol. The first-order valence-corrected chi connectivity index (χ1v) is 8.53. The van der Waals surface area contributed by atoms with Gasteiger partial charge in [-0.3, -0.25) is 0 Å². The summed E-state index contributed by atoms with van der Waals surface area (Å²) >= 11 is 0. The van der Waals surface area contributed by atoms with Crippen LogP contribution >= 0.6 is 0 Å². The highest BCUT2D eigenvalue weighted by Gasteiger charge is 2.22. The van der Waals surface area contributed by atoms with Gasteiger partial charge in [0.15, 0.2) is 0 Å². The van der Waals surface area contributed by atoms with Gasteiger partial charge in [0.25, 0.3) is 10.2 Å². The number of nitrogens with two attached hydrogens (primary N) is 1. The lowest BCUT2D eigenvalue weighted by atomic mass is 10.1. The Labute approximate surface area is 121 Å². The second kappa shape index (κ2) is 6.56. The Morgan fingerprint density at radius 3 is 2.50 bits per heavy atom. The van der Waals surface area contributed by atoms with Gasteiger partial charge < -0.3 is 5.73 Å². The zero-order valence-electron chi connectivity index (χ0n) is 11.9. The fourth-order valence-corrected chi connectivity index (χ4v) is 3.70. The minimum Gasteiger partial charge on any atom is -0.399 e. The van der Waals surface area contributed by atoms with Crippen molar-refractivity contribution in [3.63, 3.8) is 0 Å². The molecule has 0 amide bonds. The molecule has 20 heavy (non-hydrogen) atoms. The van der Waals surface area contributed by atoms with E-state index in [-0.39, 0.29) is 6.54 Å². The average molecular weight is 297 g/mol.